The summed E-state index contributed by atoms with van der Waals surface area (Å²) in [5.41, 5.74) is 2.31. The zero-order valence-corrected chi connectivity index (χ0v) is 12.8. The molecule has 0 aliphatic carbocycles. The fourth-order valence-electron chi connectivity index (χ4n) is 2.78. The highest BCUT2D eigenvalue weighted by atomic mass is 15.3. The molecular weight excluding hydrogens is 262 g/mol. The first kappa shape index (κ1) is 13.9. The van der Waals surface area contributed by atoms with Crippen LogP contribution in [0.1, 0.15) is 38.3 Å². The van der Waals surface area contributed by atoms with Crippen molar-refractivity contribution in [2.24, 2.45) is 0 Å². The number of aryl methyl sites for hydroxylation is 1. The third kappa shape index (κ3) is 3.01. The number of nitrogens with one attached hydrogen (secondary N) is 1. The van der Waals surface area contributed by atoms with Crippen LogP contribution in [0.5, 0.6) is 0 Å². The molecule has 2 aromatic heterocycles. The highest BCUT2D eigenvalue weighted by Gasteiger charge is 2.18. The van der Waals surface area contributed by atoms with E-state index in [9.17, 15) is 0 Å². The summed E-state index contributed by atoms with van der Waals surface area (Å²) < 4.78 is 1.96. The molecule has 0 amide bonds. The van der Waals surface area contributed by atoms with Gasteiger partial charge in [-0.3, -0.25) is 4.68 Å². The molecule has 3 rings (SSSR count). The van der Waals surface area contributed by atoms with E-state index in [1.165, 1.54) is 18.4 Å². The molecule has 1 unspecified atom stereocenters. The van der Waals surface area contributed by atoms with Gasteiger partial charge in [-0.25, -0.2) is 4.98 Å². The van der Waals surface area contributed by atoms with E-state index in [2.05, 4.69) is 46.4 Å². The summed E-state index contributed by atoms with van der Waals surface area (Å²) in [5.74, 6) is 1.07. The van der Waals surface area contributed by atoms with Crippen LogP contribution in [0.15, 0.2) is 30.7 Å². The SMILES string of the molecule is CCn1cc(C(C)Nc2cccnc2N2CCCC2)cn1. The van der Waals surface area contributed by atoms with Crippen LogP contribution in [0.3, 0.4) is 0 Å². The molecule has 5 nitrogen and oxygen atoms in total. The number of hydrogen-bond donors (Lipinski definition) is 1. The Balaban J connectivity index is 1.77. The lowest BCUT2D eigenvalue weighted by atomic mass is 10.2. The van der Waals surface area contributed by atoms with Gasteiger partial charge in [-0.1, -0.05) is 0 Å². The largest absolute Gasteiger partial charge is 0.375 e. The molecule has 5 heteroatoms. The van der Waals surface area contributed by atoms with E-state index >= 15 is 0 Å². The van der Waals surface area contributed by atoms with Crippen molar-refractivity contribution < 1.29 is 0 Å². The number of hydrogen-bond acceptors (Lipinski definition) is 4. The minimum atomic E-state index is 0.218. The Morgan fingerprint density at radius 2 is 2.14 bits per heavy atom. The molecule has 21 heavy (non-hydrogen) atoms. The van der Waals surface area contributed by atoms with Gasteiger partial charge in [0.15, 0.2) is 5.82 Å². The molecule has 0 radical (unpaired) electrons. The minimum Gasteiger partial charge on any atom is -0.375 e. The Labute approximate surface area is 126 Å². The summed E-state index contributed by atoms with van der Waals surface area (Å²) in [4.78, 5) is 6.94. The second kappa shape index (κ2) is 6.16. The van der Waals surface area contributed by atoms with Crippen LogP contribution < -0.4 is 10.2 Å². The van der Waals surface area contributed by atoms with E-state index in [1.54, 1.807) is 0 Å². The van der Waals surface area contributed by atoms with Crippen LogP contribution in [0.2, 0.25) is 0 Å². The second-order valence-corrected chi connectivity index (χ2v) is 5.56. The molecule has 0 saturated carbocycles. The number of nitrogens with zero attached hydrogens (tertiary/aromatic N) is 4. The van der Waals surface area contributed by atoms with Crippen LogP contribution in [-0.2, 0) is 6.54 Å². The number of aromatic nitrogens is 3. The van der Waals surface area contributed by atoms with E-state index in [4.69, 9.17) is 0 Å². The first-order valence-corrected chi connectivity index (χ1v) is 7.76. The molecule has 1 atom stereocenters. The fraction of sp³-hybridized carbons (Fsp3) is 0.500. The molecule has 1 saturated heterocycles. The predicted molar refractivity (Wildman–Crippen MR) is 85.6 cm³/mol. The molecule has 1 aliphatic heterocycles. The zero-order valence-electron chi connectivity index (χ0n) is 12.8. The van der Waals surface area contributed by atoms with Crippen LogP contribution in [0, 0.1) is 0 Å². The zero-order chi connectivity index (χ0) is 14.7. The number of anilines is 2. The highest BCUT2D eigenvalue weighted by Crippen LogP contribution is 2.29. The molecule has 0 aromatic carbocycles. The van der Waals surface area contributed by atoms with Gasteiger partial charge in [0.25, 0.3) is 0 Å². The number of pyridine rings is 1. The van der Waals surface area contributed by atoms with Crippen LogP contribution in [-0.4, -0.2) is 27.9 Å². The van der Waals surface area contributed by atoms with Gasteiger partial charge < -0.3 is 10.2 Å². The fourth-order valence-corrected chi connectivity index (χ4v) is 2.78. The first-order valence-electron chi connectivity index (χ1n) is 7.76. The van der Waals surface area contributed by atoms with E-state index in [0.717, 1.165) is 31.1 Å². The van der Waals surface area contributed by atoms with Crippen molar-refractivity contribution in [2.45, 2.75) is 39.3 Å². The van der Waals surface area contributed by atoms with Gasteiger partial charge in [-0.15, -0.1) is 0 Å². The van der Waals surface area contributed by atoms with Crippen molar-refractivity contribution in [1.29, 1.82) is 0 Å². The molecular formula is C16H23N5. The normalized spacial score (nSPS) is 16.2. The van der Waals surface area contributed by atoms with E-state index < -0.39 is 0 Å². The van der Waals surface area contributed by atoms with Crippen molar-refractivity contribution in [3.63, 3.8) is 0 Å². The van der Waals surface area contributed by atoms with E-state index in [1.807, 2.05) is 23.1 Å². The topological polar surface area (TPSA) is 46.0 Å². The lowest BCUT2D eigenvalue weighted by Gasteiger charge is -2.22. The summed E-state index contributed by atoms with van der Waals surface area (Å²) in [5, 5.41) is 7.93. The average molecular weight is 285 g/mol. The van der Waals surface area contributed by atoms with Gasteiger partial charge in [0.2, 0.25) is 0 Å². The minimum absolute atomic E-state index is 0.218. The third-order valence-electron chi connectivity index (χ3n) is 4.04. The molecule has 1 fully saturated rings. The van der Waals surface area contributed by atoms with Gasteiger partial charge in [-0.2, -0.15) is 5.10 Å². The van der Waals surface area contributed by atoms with Crippen molar-refractivity contribution in [1.82, 2.24) is 14.8 Å². The van der Waals surface area contributed by atoms with Crippen LogP contribution in [0.4, 0.5) is 11.5 Å². The number of rotatable bonds is 5. The van der Waals surface area contributed by atoms with Gasteiger partial charge >= 0.3 is 0 Å². The molecule has 0 bridgehead atoms. The Bertz CT molecular complexity index is 586. The Morgan fingerprint density at radius 1 is 1.33 bits per heavy atom. The highest BCUT2D eigenvalue weighted by molar-refractivity contribution is 5.66. The van der Waals surface area contributed by atoms with Crippen molar-refractivity contribution in [2.75, 3.05) is 23.3 Å². The Morgan fingerprint density at radius 3 is 2.86 bits per heavy atom. The van der Waals surface area contributed by atoms with Gasteiger partial charge in [0, 0.05) is 37.6 Å². The van der Waals surface area contributed by atoms with Crippen molar-refractivity contribution in [3.05, 3.63) is 36.3 Å². The summed E-state index contributed by atoms with van der Waals surface area (Å²) in [7, 11) is 0. The molecule has 112 valence electrons. The lowest BCUT2D eigenvalue weighted by Crippen LogP contribution is -2.21. The van der Waals surface area contributed by atoms with E-state index in [-0.39, 0.29) is 6.04 Å². The first-order chi connectivity index (χ1) is 10.3. The lowest BCUT2D eigenvalue weighted by molar-refractivity contribution is 0.658. The molecule has 2 aromatic rings. The van der Waals surface area contributed by atoms with Gasteiger partial charge in [0.05, 0.1) is 17.9 Å². The Hall–Kier alpha value is -2.04. The maximum Gasteiger partial charge on any atom is 0.151 e. The van der Waals surface area contributed by atoms with Crippen molar-refractivity contribution in [3.8, 4) is 0 Å². The molecule has 0 spiro atoms. The second-order valence-electron chi connectivity index (χ2n) is 5.56. The van der Waals surface area contributed by atoms with E-state index in [0.29, 0.717) is 0 Å². The predicted octanol–water partition coefficient (Wildman–Crippen LogP) is 3.07. The van der Waals surface area contributed by atoms with Crippen LogP contribution >= 0.6 is 0 Å². The van der Waals surface area contributed by atoms with Gasteiger partial charge in [0.1, 0.15) is 0 Å². The summed E-state index contributed by atoms with van der Waals surface area (Å²) in [6, 6.07) is 4.32. The Kier molecular flexibility index (Phi) is 4.08. The summed E-state index contributed by atoms with van der Waals surface area (Å²) in [6.45, 7) is 7.37. The average Bonchev–Trinajstić information content (AvgIpc) is 3.19. The maximum absolute atomic E-state index is 4.57. The molecule has 1 N–H and O–H groups in total. The summed E-state index contributed by atoms with van der Waals surface area (Å²) in [6.07, 6.45) is 8.43. The molecule has 1 aliphatic rings. The van der Waals surface area contributed by atoms with Gasteiger partial charge in [-0.05, 0) is 38.8 Å². The third-order valence-corrected chi connectivity index (χ3v) is 4.04. The maximum atomic E-state index is 4.57. The monoisotopic (exact) mass is 285 g/mol. The van der Waals surface area contributed by atoms with Crippen molar-refractivity contribution >= 4 is 11.5 Å². The smallest absolute Gasteiger partial charge is 0.151 e. The quantitative estimate of drug-likeness (QED) is 0.917. The van der Waals surface area contributed by atoms with Crippen LogP contribution in [0.25, 0.3) is 0 Å². The summed E-state index contributed by atoms with van der Waals surface area (Å²) >= 11 is 0. The molecule has 3 heterocycles. The standard InChI is InChI=1S/C16H23N5/c1-3-21-12-14(11-18-21)13(2)19-15-7-6-8-17-16(15)20-9-4-5-10-20/h6-8,11-13,19H,3-5,9-10H2,1-2H3.